The summed E-state index contributed by atoms with van der Waals surface area (Å²) in [6.45, 7) is 0.570. The number of sulfonamides is 1. The first-order chi connectivity index (χ1) is 18.2. The minimum Gasteiger partial charge on any atom is -0.465 e. The zero-order chi connectivity index (χ0) is 28.6. The summed E-state index contributed by atoms with van der Waals surface area (Å²) in [5.41, 5.74) is -1.50. The number of sulfone groups is 1. The van der Waals surface area contributed by atoms with Gasteiger partial charge in [-0.25, -0.2) is 26.4 Å². The number of carbonyl (C=O) groups excluding carboxylic acids is 1. The molecule has 39 heavy (non-hydrogen) atoms. The summed E-state index contributed by atoms with van der Waals surface area (Å²) in [6.07, 6.45) is -5.58. The molecule has 2 aromatic rings. The van der Waals surface area contributed by atoms with Gasteiger partial charge >= 0.3 is 12.3 Å². The second-order valence-electron chi connectivity index (χ2n) is 9.41. The highest BCUT2D eigenvalue weighted by atomic mass is 32.2. The summed E-state index contributed by atoms with van der Waals surface area (Å²) in [7, 11) is -9.11. The molecule has 212 valence electrons. The number of likely N-dealkylation sites (tertiary alicyclic amines) is 2. The first-order valence-corrected chi connectivity index (χ1v) is 15.0. The Morgan fingerprint density at radius 2 is 1.49 bits per heavy atom. The number of piperidine rings is 1. The molecule has 2 N–H and O–H groups in total. The van der Waals surface area contributed by atoms with Crippen LogP contribution in [-0.4, -0.2) is 76.0 Å². The molecule has 2 saturated heterocycles. The lowest BCUT2D eigenvalue weighted by molar-refractivity contribution is -0.140. The first kappa shape index (κ1) is 28.8. The van der Waals surface area contributed by atoms with Crippen LogP contribution in [0.5, 0.6) is 0 Å². The van der Waals surface area contributed by atoms with Crippen molar-refractivity contribution in [1.82, 2.24) is 14.5 Å². The molecule has 2 aliphatic heterocycles. The molecule has 2 aromatic carbocycles. The van der Waals surface area contributed by atoms with E-state index in [1.54, 1.807) is 6.07 Å². The van der Waals surface area contributed by atoms with Crippen LogP contribution in [0.25, 0.3) is 0 Å². The zero-order valence-corrected chi connectivity index (χ0v) is 22.1. The maximum absolute atomic E-state index is 13.7. The van der Waals surface area contributed by atoms with Crippen molar-refractivity contribution in [3.63, 3.8) is 0 Å². The van der Waals surface area contributed by atoms with Crippen LogP contribution >= 0.6 is 0 Å². The largest absolute Gasteiger partial charge is 0.465 e. The van der Waals surface area contributed by atoms with Crippen LogP contribution < -0.4 is 4.72 Å². The van der Waals surface area contributed by atoms with Gasteiger partial charge in [0.2, 0.25) is 25.8 Å². The van der Waals surface area contributed by atoms with Gasteiger partial charge in [0.15, 0.2) is 0 Å². The average molecular weight is 590 g/mol. The van der Waals surface area contributed by atoms with Gasteiger partial charge in [0.1, 0.15) is 0 Å². The Morgan fingerprint density at radius 1 is 0.872 bits per heavy atom. The molecule has 0 bridgehead atoms. The molecule has 1 atom stereocenters. The molecule has 0 aliphatic carbocycles. The van der Waals surface area contributed by atoms with E-state index in [-0.39, 0.29) is 49.8 Å². The van der Waals surface area contributed by atoms with Crippen LogP contribution in [0.2, 0.25) is 0 Å². The quantitative estimate of drug-likeness (QED) is 0.528. The van der Waals surface area contributed by atoms with Crippen molar-refractivity contribution in [3.05, 3.63) is 54.1 Å². The van der Waals surface area contributed by atoms with Crippen LogP contribution in [0.1, 0.15) is 24.8 Å². The monoisotopic (exact) mass is 589 g/mol. The van der Waals surface area contributed by atoms with Crippen LogP contribution in [0.4, 0.5) is 18.0 Å². The van der Waals surface area contributed by atoms with Gasteiger partial charge in [-0.15, -0.1) is 0 Å². The van der Waals surface area contributed by atoms with E-state index >= 15 is 0 Å². The molecular formula is C24H26F3N3O7S2. The lowest BCUT2D eigenvalue weighted by Gasteiger charge is -2.33. The molecule has 10 nitrogen and oxygen atoms in total. The van der Waals surface area contributed by atoms with E-state index in [0.717, 1.165) is 11.0 Å². The summed E-state index contributed by atoms with van der Waals surface area (Å²) in [4.78, 5) is 24.5. The van der Waals surface area contributed by atoms with Crippen LogP contribution in [-0.2, 0) is 30.8 Å². The SMILES string of the molecule is O=C(O)N1CC[C@@H](C(=O)N2CCC(NS(=O)(=O)c3cc(S(=O)(=O)c4ccccc4)ccc3C(F)(F)F)CC2)C1. The van der Waals surface area contributed by atoms with Gasteiger partial charge in [-0.1, -0.05) is 18.2 Å². The number of nitrogens with zero attached hydrogens (tertiary/aromatic N) is 2. The third-order valence-electron chi connectivity index (χ3n) is 6.85. The summed E-state index contributed by atoms with van der Waals surface area (Å²) < 4.78 is 95.7. The van der Waals surface area contributed by atoms with E-state index in [1.165, 1.54) is 29.2 Å². The molecule has 15 heteroatoms. The van der Waals surface area contributed by atoms with Gasteiger partial charge in [-0.2, -0.15) is 13.2 Å². The standard InChI is InChI=1S/C24H26F3N3O7S2/c25-24(26,27)20-7-6-19(38(34,35)18-4-2-1-3-5-18)14-21(20)39(36,37)28-17-9-12-29(13-10-17)22(31)16-8-11-30(15-16)23(32)33/h1-7,14,16-17,28H,8-13,15H2,(H,32,33)/t16-/m1/s1. The Balaban J connectivity index is 1.52. The topological polar surface area (TPSA) is 141 Å². The van der Waals surface area contributed by atoms with E-state index in [4.69, 9.17) is 5.11 Å². The predicted molar refractivity (Wildman–Crippen MR) is 131 cm³/mol. The second kappa shape index (κ2) is 10.8. The minimum absolute atomic E-state index is 0.0726. The van der Waals surface area contributed by atoms with Gasteiger partial charge in [-0.05, 0) is 49.6 Å². The molecule has 2 amide bonds. The van der Waals surface area contributed by atoms with Gasteiger partial charge in [0, 0.05) is 32.2 Å². The minimum atomic E-state index is -5.07. The Kier molecular flexibility index (Phi) is 7.96. The number of carboxylic acid groups (broad SMARTS) is 1. The second-order valence-corrected chi connectivity index (χ2v) is 13.0. The number of nitrogens with one attached hydrogen (secondary N) is 1. The van der Waals surface area contributed by atoms with Crippen molar-refractivity contribution in [3.8, 4) is 0 Å². The Hall–Kier alpha value is -3.17. The maximum Gasteiger partial charge on any atom is 0.417 e. The lowest BCUT2D eigenvalue weighted by atomic mass is 10.0. The average Bonchev–Trinajstić information content (AvgIpc) is 3.39. The number of halogens is 3. The summed E-state index contributed by atoms with van der Waals surface area (Å²) in [5, 5.41) is 9.08. The van der Waals surface area contributed by atoms with Crippen LogP contribution in [0, 0.1) is 5.92 Å². The number of benzene rings is 2. The van der Waals surface area contributed by atoms with Crippen molar-refractivity contribution in [1.29, 1.82) is 0 Å². The van der Waals surface area contributed by atoms with Crippen molar-refractivity contribution >= 4 is 31.9 Å². The van der Waals surface area contributed by atoms with E-state index in [2.05, 4.69) is 4.72 Å². The van der Waals surface area contributed by atoms with E-state index in [0.29, 0.717) is 18.6 Å². The molecular weight excluding hydrogens is 563 g/mol. The number of amides is 2. The van der Waals surface area contributed by atoms with Crippen molar-refractivity contribution < 1.29 is 44.7 Å². The van der Waals surface area contributed by atoms with Gasteiger partial charge in [0.05, 0.1) is 26.2 Å². The third-order valence-corrected chi connectivity index (χ3v) is 10.2. The molecule has 0 unspecified atom stereocenters. The lowest BCUT2D eigenvalue weighted by Crippen LogP contribution is -2.48. The number of rotatable bonds is 6. The Morgan fingerprint density at radius 3 is 2.05 bits per heavy atom. The van der Waals surface area contributed by atoms with Gasteiger partial charge in [0.25, 0.3) is 0 Å². The highest BCUT2D eigenvalue weighted by Gasteiger charge is 2.40. The molecule has 2 heterocycles. The fourth-order valence-corrected chi connectivity index (χ4v) is 7.70. The third kappa shape index (κ3) is 6.20. The van der Waals surface area contributed by atoms with E-state index in [9.17, 15) is 39.6 Å². The molecule has 0 aromatic heterocycles. The number of carbonyl (C=O) groups is 2. The van der Waals surface area contributed by atoms with Gasteiger partial charge < -0.3 is 14.9 Å². The number of hydrogen-bond donors (Lipinski definition) is 2. The predicted octanol–water partition coefficient (Wildman–Crippen LogP) is 2.81. The molecule has 2 aliphatic rings. The Labute approximate surface area is 223 Å². The van der Waals surface area contributed by atoms with Gasteiger partial charge in [-0.3, -0.25) is 4.79 Å². The summed E-state index contributed by atoms with van der Waals surface area (Å²) in [5.74, 6) is -0.753. The van der Waals surface area contributed by atoms with E-state index < -0.39 is 59.4 Å². The molecule has 0 radical (unpaired) electrons. The van der Waals surface area contributed by atoms with Crippen LogP contribution in [0.3, 0.4) is 0 Å². The van der Waals surface area contributed by atoms with Crippen molar-refractivity contribution in [2.45, 2.75) is 46.2 Å². The highest BCUT2D eigenvalue weighted by molar-refractivity contribution is 7.91. The summed E-state index contributed by atoms with van der Waals surface area (Å²) in [6, 6.07) is 7.80. The Bertz CT molecular complexity index is 1460. The summed E-state index contributed by atoms with van der Waals surface area (Å²) >= 11 is 0. The zero-order valence-electron chi connectivity index (χ0n) is 20.5. The maximum atomic E-state index is 13.7. The molecule has 0 spiro atoms. The van der Waals surface area contributed by atoms with Crippen molar-refractivity contribution in [2.24, 2.45) is 5.92 Å². The highest BCUT2D eigenvalue weighted by Crippen LogP contribution is 2.36. The molecule has 0 saturated carbocycles. The number of alkyl halides is 3. The normalized spacial score (nSPS) is 19.3. The fourth-order valence-electron chi connectivity index (χ4n) is 4.76. The molecule has 2 fully saturated rings. The number of hydrogen-bond acceptors (Lipinski definition) is 6. The molecule has 4 rings (SSSR count). The van der Waals surface area contributed by atoms with Crippen LogP contribution in [0.15, 0.2) is 63.2 Å². The first-order valence-electron chi connectivity index (χ1n) is 12.0. The fraction of sp³-hybridized carbons (Fsp3) is 0.417. The smallest absolute Gasteiger partial charge is 0.417 e. The van der Waals surface area contributed by atoms with E-state index in [1.807, 2.05) is 0 Å². The van der Waals surface area contributed by atoms with Crippen molar-refractivity contribution in [2.75, 3.05) is 26.2 Å².